The highest BCUT2D eigenvalue weighted by Crippen LogP contribution is 2.27. The highest BCUT2D eigenvalue weighted by atomic mass is 79.9. The second kappa shape index (κ2) is 6.55. The van der Waals surface area contributed by atoms with Gasteiger partial charge in [-0.2, -0.15) is 0 Å². The number of hydrogen-bond acceptors (Lipinski definition) is 3. The fourth-order valence-corrected chi connectivity index (χ4v) is 3.02. The molecule has 100 valence electrons. The van der Waals surface area contributed by atoms with E-state index in [1.165, 1.54) is 17.7 Å². The molecular weight excluding hydrogens is 292 g/mol. The quantitative estimate of drug-likeness (QED) is 0.896. The number of hydrogen-bond donors (Lipinski definition) is 2. The van der Waals surface area contributed by atoms with Gasteiger partial charge in [-0.15, -0.1) is 0 Å². The Balaban J connectivity index is 2.10. The fourth-order valence-electron chi connectivity index (χ4n) is 2.52. The van der Waals surface area contributed by atoms with Crippen LogP contribution in [0.2, 0.25) is 0 Å². The Labute approximate surface area is 117 Å². The third-order valence-corrected chi connectivity index (χ3v) is 4.28. The van der Waals surface area contributed by atoms with Gasteiger partial charge in [-0.1, -0.05) is 22.0 Å². The lowest BCUT2D eigenvalue weighted by Gasteiger charge is -2.33. The summed E-state index contributed by atoms with van der Waals surface area (Å²) < 4.78 is 1.15. The Hall–Kier alpha value is -0.580. The Kier molecular flexibility index (Phi) is 5.03. The van der Waals surface area contributed by atoms with Crippen molar-refractivity contribution in [2.45, 2.75) is 19.4 Å². The molecule has 0 radical (unpaired) electrons. The number of aliphatic hydroxyl groups excluding tert-OH is 1. The average Bonchev–Trinajstić information content (AvgIpc) is 2.41. The Morgan fingerprint density at radius 3 is 3.00 bits per heavy atom. The molecule has 0 spiro atoms. The number of anilines is 1. The van der Waals surface area contributed by atoms with Gasteiger partial charge in [-0.3, -0.25) is 0 Å². The highest BCUT2D eigenvalue weighted by Gasteiger charge is 2.19. The smallest absolute Gasteiger partial charge is 0.0476 e. The second-order valence-corrected chi connectivity index (χ2v) is 5.80. The van der Waals surface area contributed by atoms with E-state index in [9.17, 15) is 5.11 Å². The minimum Gasteiger partial charge on any atom is -0.396 e. The van der Waals surface area contributed by atoms with Gasteiger partial charge >= 0.3 is 0 Å². The van der Waals surface area contributed by atoms with E-state index in [-0.39, 0.29) is 0 Å². The van der Waals surface area contributed by atoms with Gasteiger partial charge in [0.1, 0.15) is 0 Å². The van der Waals surface area contributed by atoms with Crippen molar-refractivity contribution in [1.29, 1.82) is 0 Å². The van der Waals surface area contributed by atoms with Gasteiger partial charge in [-0.25, -0.2) is 0 Å². The van der Waals surface area contributed by atoms with Gasteiger partial charge in [0.2, 0.25) is 0 Å². The van der Waals surface area contributed by atoms with Crippen molar-refractivity contribution in [1.82, 2.24) is 5.32 Å². The largest absolute Gasteiger partial charge is 0.396 e. The first-order valence-electron chi connectivity index (χ1n) is 6.53. The van der Waals surface area contributed by atoms with Crippen molar-refractivity contribution < 1.29 is 5.11 Å². The lowest BCUT2D eigenvalue weighted by atomic mass is 9.98. The highest BCUT2D eigenvalue weighted by molar-refractivity contribution is 9.10. The van der Waals surface area contributed by atoms with Crippen molar-refractivity contribution >= 4 is 21.6 Å². The maximum atomic E-state index is 9.28. The van der Waals surface area contributed by atoms with Gasteiger partial charge in [0, 0.05) is 36.4 Å². The fraction of sp³-hybridized carbons (Fsp3) is 0.571. The van der Waals surface area contributed by atoms with Crippen molar-refractivity contribution in [2.24, 2.45) is 5.92 Å². The van der Waals surface area contributed by atoms with Crippen molar-refractivity contribution in [3.8, 4) is 0 Å². The Morgan fingerprint density at radius 1 is 1.50 bits per heavy atom. The summed E-state index contributed by atoms with van der Waals surface area (Å²) in [4.78, 5) is 2.37. The number of aliphatic hydroxyl groups is 1. The van der Waals surface area contributed by atoms with Crippen LogP contribution in [0, 0.1) is 5.92 Å². The zero-order valence-corrected chi connectivity index (χ0v) is 12.4. The molecule has 1 aromatic carbocycles. The molecule has 0 amide bonds. The minimum absolute atomic E-state index is 0.301. The topological polar surface area (TPSA) is 35.5 Å². The standard InChI is InChI=1S/C14H21BrN2O/c1-16-8-12-4-5-13(7-14(12)15)17-6-2-3-11(9-17)10-18/h4-5,7,11,16,18H,2-3,6,8-10H2,1H3. The van der Waals surface area contributed by atoms with Crippen LogP contribution in [0.25, 0.3) is 0 Å². The molecule has 1 aromatic rings. The summed E-state index contributed by atoms with van der Waals surface area (Å²) in [5.41, 5.74) is 2.52. The SMILES string of the molecule is CNCc1ccc(N2CCCC(CO)C2)cc1Br. The van der Waals surface area contributed by atoms with Crippen LogP contribution >= 0.6 is 15.9 Å². The summed E-state index contributed by atoms with van der Waals surface area (Å²) in [6, 6.07) is 6.53. The van der Waals surface area contributed by atoms with E-state index in [1.807, 2.05) is 7.05 Å². The van der Waals surface area contributed by atoms with Crippen molar-refractivity contribution in [3.05, 3.63) is 28.2 Å². The molecule has 1 aliphatic heterocycles. The van der Waals surface area contributed by atoms with Crippen LogP contribution in [-0.2, 0) is 6.54 Å². The molecule has 0 aromatic heterocycles. The van der Waals surface area contributed by atoms with E-state index in [0.717, 1.165) is 30.5 Å². The minimum atomic E-state index is 0.301. The van der Waals surface area contributed by atoms with E-state index < -0.39 is 0 Å². The van der Waals surface area contributed by atoms with E-state index >= 15 is 0 Å². The molecular formula is C14H21BrN2O. The molecule has 3 nitrogen and oxygen atoms in total. The predicted octanol–water partition coefficient (Wildman–Crippen LogP) is 2.38. The van der Waals surface area contributed by atoms with Crippen LogP contribution in [-0.4, -0.2) is 31.9 Å². The Bertz CT molecular complexity index is 397. The zero-order chi connectivity index (χ0) is 13.0. The van der Waals surface area contributed by atoms with E-state index in [0.29, 0.717) is 12.5 Å². The maximum Gasteiger partial charge on any atom is 0.0476 e. The summed E-state index contributed by atoms with van der Waals surface area (Å²) >= 11 is 3.63. The van der Waals surface area contributed by atoms with Gasteiger partial charge in [0.05, 0.1) is 0 Å². The van der Waals surface area contributed by atoms with E-state index in [2.05, 4.69) is 44.3 Å². The third-order valence-electron chi connectivity index (χ3n) is 3.55. The molecule has 1 aliphatic rings. The lowest BCUT2D eigenvalue weighted by Crippen LogP contribution is -2.36. The van der Waals surface area contributed by atoms with Crippen LogP contribution < -0.4 is 10.2 Å². The second-order valence-electron chi connectivity index (χ2n) is 4.94. The Morgan fingerprint density at radius 2 is 2.33 bits per heavy atom. The summed E-state index contributed by atoms with van der Waals surface area (Å²) in [7, 11) is 1.96. The molecule has 0 bridgehead atoms. The predicted molar refractivity (Wildman–Crippen MR) is 78.9 cm³/mol. The normalized spacial score (nSPS) is 20.2. The first-order valence-corrected chi connectivity index (χ1v) is 7.32. The summed E-state index contributed by atoms with van der Waals surface area (Å²) in [6.45, 7) is 3.23. The van der Waals surface area contributed by atoms with Gasteiger partial charge in [0.25, 0.3) is 0 Å². The maximum absolute atomic E-state index is 9.28. The van der Waals surface area contributed by atoms with Crippen LogP contribution in [0.3, 0.4) is 0 Å². The lowest BCUT2D eigenvalue weighted by molar-refractivity contribution is 0.208. The van der Waals surface area contributed by atoms with Gasteiger partial charge in [-0.05, 0) is 43.5 Å². The molecule has 1 heterocycles. The average molecular weight is 313 g/mol. The first-order chi connectivity index (χ1) is 8.74. The van der Waals surface area contributed by atoms with Gasteiger partial charge in [0.15, 0.2) is 0 Å². The molecule has 0 aliphatic carbocycles. The van der Waals surface area contributed by atoms with E-state index in [1.54, 1.807) is 0 Å². The molecule has 1 unspecified atom stereocenters. The zero-order valence-electron chi connectivity index (χ0n) is 10.8. The van der Waals surface area contributed by atoms with Crippen molar-refractivity contribution in [2.75, 3.05) is 31.6 Å². The van der Waals surface area contributed by atoms with Crippen LogP contribution in [0.15, 0.2) is 22.7 Å². The number of rotatable bonds is 4. The monoisotopic (exact) mass is 312 g/mol. The summed E-state index contributed by atoms with van der Waals surface area (Å²) in [6.07, 6.45) is 2.31. The molecule has 0 saturated carbocycles. The number of piperidine rings is 1. The molecule has 2 rings (SSSR count). The number of benzene rings is 1. The molecule has 1 fully saturated rings. The molecule has 2 N–H and O–H groups in total. The molecule has 18 heavy (non-hydrogen) atoms. The van der Waals surface area contributed by atoms with Crippen LogP contribution in [0.5, 0.6) is 0 Å². The number of nitrogens with one attached hydrogen (secondary N) is 1. The molecule has 4 heteroatoms. The summed E-state index contributed by atoms with van der Waals surface area (Å²) in [5, 5.41) is 12.4. The van der Waals surface area contributed by atoms with Gasteiger partial charge < -0.3 is 15.3 Å². The number of halogens is 1. The van der Waals surface area contributed by atoms with Crippen molar-refractivity contribution in [3.63, 3.8) is 0 Å². The number of nitrogens with zero attached hydrogens (tertiary/aromatic N) is 1. The van der Waals surface area contributed by atoms with Crippen LogP contribution in [0.1, 0.15) is 18.4 Å². The molecule has 1 saturated heterocycles. The molecule has 1 atom stereocenters. The third kappa shape index (κ3) is 3.25. The van der Waals surface area contributed by atoms with E-state index in [4.69, 9.17) is 0 Å². The summed E-state index contributed by atoms with van der Waals surface area (Å²) in [5.74, 6) is 0.425. The first kappa shape index (κ1) is 13.8. The van der Waals surface area contributed by atoms with Crippen LogP contribution in [0.4, 0.5) is 5.69 Å².